The first-order valence-electron chi connectivity index (χ1n) is 32.5. The second-order valence-corrected chi connectivity index (χ2v) is 23.4. The van der Waals surface area contributed by atoms with Crippen molar-refractivity contribution in [3.63, 3.8) is 0 Å². The summed E-state index contributed by atoms with van der Waals surface area (Å²) in [6.45, 7) is 4.58. The summed E-state index contributed by atoms with van der Waals surface area (Å²) in [7, 11) is -4.76. The standard InChI is InChI=1S/C66H121O11P/c1-4-7-10-13-16-19-22-25-28-31-34-37-40-43-46-49-52-55-64(68)73-59-63(77-66(70)57-54-51-48-45-42-39-36-33-30-27-24-21-18-15-12-9-6-3)61-75-78(71,72)74-60-62(58-67)76-65(69)56-53-50-47-44-41-38-35-32-29-26-23-20-17-14-11-8-5-2/h9,12,18,21,27,30,36,39,62-63,67H,4-8,10-11,13-17,19-20,22-26,28-29,31-35,37-38,40-61H2,1-3H3,(H,71,72)/b12-9-,21-18-,30-27-,39-36-. The number of rotatable bonds is 61. The molecule has 0 aliphatic rings. The number of phosphoric ester groups is 1. The Morgan fingerprint density at radius 1 is 0.372 bits per heavy atom. The highest BCUT2D eigenvalue weighted by atomic mass is 31.2. The van der Waals surface area contributed by atoms with Gasteiger partial charge >= 0.3 is 25.7 Å². The number of aliphatic hydroxyl groups is 1. The molecule has 2 N–H and O–H groups in total. The molecule has 0 aromatic rings. The zero-order valence-electron chi connectivity index (χ0n) is 50.6. The van der Waals surface area contributed by atoms with Crippen LogP contribution >= 0.6 is 7.82 Å². The molecule has 0 saturated heterocycles. The average molecular weight is 1120 g/mol. The van der Waals surface area contributed by atoms with E-state index in [1.807, 2.05) is 0 Å². The fourth-order valence-corrected chi connectivity index (χ4v) is 10.1. The lowest BCUT2D eigenvalue weighted by Gasteiger charge is -2.21. The summed E-state index contributed by atoms with van der Waals surface area (Å²) in [4.78, 5) is 48.7. The van der Waals surface area contributed by atoms with E-state index in [0.29, 0.717) is 19.3 Å². The van der Waals surface area contributed by atoms with E-state index in [-0.39, 0.29) is 25.9 Å². The number of esters is 3. The Morgan fingerprint density at radius 2 is 0.667 bits per heavy atom. The third-order valence-corrected chi connectivity index (χ3v) is 15.2. The van der Waals surface area contributed by atoms with E-state index >= 15 is 0 Å². The number of unbranched alkanes of at least 4 members (excludes halogenated alkanes) is 36. The Morgan fingerprint density at radius 3 is 1.03 bits per heavy atom. The molecule has 3 unspecified atom stereocenters. The summed E-state index contributed by atoms with van der Waals surface area (Å²) >= 11 is 0. The van der Waals surface area contributed by atoms with E-state index < -0.39 is 57.8 Å². The number of carbonyl (C=O) groups excluding carboxylic acids is 3. The lowest BCUT2D eigenvalue weighted by atomic mass is 10.0. The number of phosphoric acid groups is 1. The zero-order valence-corrected chi connectivity index (χ0v) is 51.5. The Labute approximate surface area is 479 Å². The minimum absolute atomic E-state index is 0.143. The number of aliphatic hydroxyl groups excluding tert-OH is 1. The highest BCUT2D eigenvalue weighted by Crippen LogP contribution is 2.43. The maximum atomic E-state index is 13.0. The van der Waals surface area contributed by atoms with Gasteiger partial charge in [0.1, 0.15) is 12.7 Å². The van der Waals surface area contributed by atoms with Crippen molar-refractivity contribution in [1.29, 1.82) is 0 Å². The summed E-state index contributed by atoms with van der Waals surface area (Å²) in [6, 6.07) is 0. The van der Waals surface area contributed by atoms with Crippen LogP contribution in [0.15, 0.2) is 48.6 Å². The van der Waals surface area contributed by atoms with E-state index in [4.69, 9.17) is 23.3 Å². The van der Waals surface area contributed by atoms with Crippen LogP contribution < -0.4 is 0 Å². The third kappa shape index (κ3) is 58.1. The Bertz CT molecular complexity index is 1490. The lowest BCUT2D eigenvalue weighted by Crippen LogP contribution is -2.30. The highest BCUT2D eigenvalue weighted by Gasteiger charge is 2.28. The third-order valence-electron chi connectivity index (χ3n) is 14.3. The van der Waals surface area contributed by atoms with Crippen LogP contribution in [-0.2, 0) is 42.2 Å². The van der Waals surface area contributed by atoms with E-state index in [1.54, 1.807) is 0 Å². The fourth-order valence-electron chi connectivity index (χ4n) is 9.35. The van der Waals surface area contributed by atoms with E-state index in [2.05, 4.69) is 69.4 Å². The molecule has 11 nitrogen and oxygen atoms in total. The maximum absolute atomic E-state index is 13.0. The van der Waals surface area contributed by atoms with Crippen LogP contribution in [-0.4, -0.2) is 66.5 Å². The van der Waals surface area contributed by atoms with Gasteiger partial charge in [0.15, 0.2) is 6.10 Å². The van der Waals surface area contributed by atoms with Crippen LogP contribution in [0.3, 0.4) is 0 Å². The first kappa shape index (κ1) is 75.4. The molecule has 0 heterocycles. The first-order chi connectivity index (χ1) is 38.2. The monoisotopic (exact) mass is 1120 g/mol. The van der Waals surface area contributed by atoms with Gasteiger partial charge in [-0.1, -0.05) is 288 Å². The SMILES string of the molecule is CC/C=C\C/C=C\C/C=C\C/C=C\CCCCCCC(=O)OC(COC(=O)CCCCCCCCCCCCCCCCCCC)COP(=O)(O)OCC(CO)OC(=O)CCCCCCCCCCCCCCCCCCC. The number of carbonyl (C=O) groups is 3. The number of hydrogen-bond donors (Lipinski definition) is 2. The summed E-state index contributed by atoms with van der Waals surface area (Å²) in [5, 5.41) is 9.86. The molecule has 0 aliphatic carbocycles. The van der Waals surface area contributed by atoms with E-state index in [0.717, 1.165) is 89.9 Å². The van der Waals surface area contributed by atoms with Crippen LogP contribution in [0, 0.1) is 0 Å². The van der Waals surface area contributed by atoms with E-state index in [9.17, 15) is 28.9 Å². The summed E-state index contributed by atoms with van der Waals surface area (Å²) in [5.74, 6) is -1.47. The first-order valence-corrected chi connectivity index (χ1v) is 34.0. The summed E-state index contributed by atoms with van der Waals surface area (Å²) < 4.78 is 39.7. The van der Waals surface area contributed by atoms with Crippen LogP contribution in [0.25, 0.3) is 0 Å². The largest absolute Gasteiger partial charge is 0.472 e. The van der Waals surface area contributed by atoms with Gasteiger partial charge in [-0.15, -0.1) is 0 Å². The smallest absolute Gasteiger partial charge is 0.462 e. The minimum atomic E-state index is -4.76. The Hall–Kier alpha value is -2.56. The van der Waals surface area contributed by atoms with Gasteiger partial charge in [0, 0.05) is 19.3 Å². The molecule has 0 amide bonds. The predicted molar refractivity (Wildman–Crippen MR) is 325 cm³/mol. The van der Waals surface area contributed by atoms with Crippen LogP contribution in [0.5, 0.6) is 0 Å². The normalized spacial score (nSPS) is 13.6. The van der Waals surface area contributed by atoms with Crippen molar-refractivity contribution < 1.29 is 52.2 Å². The highest BCUT2D eigenvalue weighted by molar-refractivity contribution is 7.47. The molecule has 0 spiro atoms. The molecule has 78 heavy (non-hydrogen) atoms. The molecule has 0 aromatic heterocycles. The molecule has 3 atom stereocenters. The van der Waals surface area contributed by atoms with Crippen molar-refractivity contribution in [1.82, 2.24) is 0 Å². The van der Waals surface area contributed by atoms with Crippen molar-refractivity contribution in [2.24, 2.45) is 0 Å². The molecule has 0 bridgehead atoms. The van der Waals surface area contributed by atoms with Gasteiger partial charge < -0.3 is 24.2 Å². The van der Waals surface area contributed by atoms with Crippen LogP contribution in [0.1, 0.15) is 316 Å². The maximum Gasteiger partial charge on any atom is 0.472 e. The van der Waals surface area contributed by atoms with Crippen molar-refractivity contribution in [3.05, 3.63) is 48.6 Å². The predicted octanol–water partition coefficient (Wildman–Crippen LogP) is 19.7. The molecule has 12 heteroatoms. The van der Waals surface area contributed by atoms with Crippen molar-refractivity contribution in [2.75, 3.05) is 26.4 Å². The van der Waals surface area contributed by atoms with Gasteiger partial charge in [-0.3, -0.25) is 23.4 Å². The second kappa shape index (κ2) is 60.5. The quantitative estimate of drug-likeness (QED) is 0.0197. The second-order valence-electron chi connectivity index (χ2n) is 21.9. The molecule has 0 rings (SSSR count). The molecular formula is C66H121O11P. The fraction of sp³-hybridized carbons (Fsp3) is 0.833. The minimum Gasteiger partial charge on any atom is -0.462 e. The van der Waals surface area contributed by atoms with Gasteiger partial charge in [0.05, 0.1) is 19.8 Å². The zero-order chi connectivity index (χ0) is 56.9. The summed E-state index contributed by atoms with van der Waals surface area (Å²) in [6.07, 6.45) is 66.3. The molecule has 0 fully saturated rings. The summed E-state index contributed by atoms with van der Waals surface area (Å²) in [5.41, 5.74) is 0. The number of hydrogen-bond acceptors (Lipinski definition) is 10. The van der Waals surface area contributed by atoms with E-state index in [1.165, 1.54) is 167 Å². The van der Waals surface area contributed by atoms with Gasteiger partial charge in [-0.2, -0.15) is 0 Å². The number of allylic oxidation sites excluding steroid dienone is 8. The van der Waals surface area contributed by atoms with Gasteiger partial charge in [-0.25, -0.2) is 4.57 Å². The molecule has 0 saturated carbocycles. The van der Waals surface area contributed by atoms with Crippen LogP contribution in [0.4, 0.5) is 0 Å². The topological polar surface area (TPSA) is 155 Å². The van der Waals surface area contributed by atoms with Gasteiger partial charge in [0.2, 0.25) is 0 Å². The molecule has 0 aromatic carbocycles. The Kier molecular flexibility index (Phi) is 58.5. The molecule has 456 valence electrons. The number of ether oxygens (including phenoxy) is 3. The van der Waals surface area contributed by atoms with Gasteiger partial charge in [-0.05, 0) is 57.8 Å². The molecule has 0 radical (unpaired) electrons. The molecule has 0 aliphatic heterocycles. The van der Waals surface area contributed by atoms with Gasteiger partial charge in [0.25, 0.3) is 0 Å². The van der Waals surface area contributed by atoms with Crippen LogP contribution in [0.2, 0.25) is 0 Å². The van der Waals surface area contributed by atoms with Crippen molar-refractivity contribution in [2.45, 2.75) is 328 Å². The molecular weight excluding hydrogens is 1000 g/mol. The van der Waals surface area contributed by atoms with Crippen molar-refractivity contribution in [3.8, 4) is 0 Å². The lowest BCUT2D eigenvalue weighted by molar-refractivity contribution is -0.161. The van der Waals surface area contributed by atoms with Crippen molar-refractivity contribution >= 4 is 25.7 Å². The Balaban J connectivity index is 4.68. The average Bonchev–Trinajstić information content (AvgIpc) is 3.43.